The number of benzene rings is 2. The summed E-state index contributed by atoms with van der Waals surface area (Å²) >= 11 is 1.55. The van der Waals surface area contributed by atoms with Gasteiger partial charge in [-0.2, -0.15) is 16.4 Å². The quantitative estimate of drug-likeness (QED) is 0.510. The van der Waals surface area contributed by atoms with Crippen LogP contribution in [0, 0.1) is 0 Å². The van der Waals surface area contributed by atoms with Crippen molar-refractivity contribution in [3.05, 3.63) is 60.2 Å². The molecule has 0 saturated carbocycles. The predicted octanol–water partition coefficient (Wildman–Crippen LogP) is 2.62. The maximum Gasteiger partial charge on any atom is 0.408 e. The second-order valence-corrected chi connectivity index (χ2v) is 8.08. The maximum atomic E-state index is 12.8. The zero-order valence-electron chi connectivity index (χ0n) is 17.9. The Hall–Kier alpha value is -3.40. The minimum Gasteiger partial charge on any atom is -0.445 e. The molecule has 168 valence electrons. The third-order valence-corrected chi connectivity index (χ3v) is 5.37. The molecule has 3 aromatic rings. The Labute approximate surface area is 189 Å². The largest absolute Gasteiger partial charge is 0.445 e. The van der Waals surface area contributed by atoms with Crippen LogP contribution in [-0.2, 0) is 16.1 Å². The fourth-order valence-corrected chi connectivity index (χ4v) is 3.47. The highest BCUT2D eigenvalue weighted by Crippen LogP contribution is 2.10. The van der Waals surface area contributed by atoms with Crippen LogP contribution in [0.4, 0.5) is 4.79 Å². The van der Waals surface area contributed by atoms with Crippen molar-refractivity contribution in [2.75, 3.05) is 12.0 Å². The average Bonchev–Trinajstić information content (AvgIpc) is 3.24. The summed E-state index contributed by atoms with van der Waals surface area (Å²) in [7, 11) is 0. The number of nitrogens with one attached hydrogen (secondary N) is 2. The van der Waals surface area contributed by atoms with Gasteiger partial charge < -0.3 is 15.4 Å². The number of thioether (sulfide) groups is 1. The highest BCUT2D eigenvalue weighted by molar-refractivity contribution is 7.98. The van der Waals surface area contributed by atoms with Crippen LogP contribution in [0.2, 0.25) is 0 Å². The van der Waals surface area contributed by atoms with Crippen LogP contribution in [0.25, 0.3) is 11.0 Å². The molecule has 0 radical (unpaired) electrons. The Morgan fingerprint density at radius 3 is 2.53 bits per heavy atom. The molecule has 2 aromatic carbocycles. The Morgan fingerprint density at radius 2 is 1.78 bits per heavy atom. The van der Waals surface area contributed by atoms with Gasteiger partial charge in [-0.3, -0.25) is 9.59 Å². The van der Waals surface area contributed by atoms with E-state index in [2.05, 4.69) is 20.9 Å². The molecule has 2 N–H and O–H groups in total. The lowest BCUT2D eigenvalue weighted by Gasteiger charge is -2.20. The first-order chi connectivity index (χ1) is 15.5. The molecule has 10 heteroatoms. The van der Waals surface area contributed by atoms with Crippen molar-refractivity contribution in [1.82, 2.24) is 25.6 Å². The molecule has 0 bridgehead atoms. The highest BCUT2D eigenvalue weighted by Gasteiger charge is 2.26. The van der Waals surface area contributed by atoms with Crippen molar-refractivity contribution in [2.45, 2.75) is 32.0 Å². The van der Waals surface area contributed by atoms with Crippen molar-refractivity contribution < 1.29 is 19.1 Å². The summed E-state index contributed by atoms with van der Waals surface area (Å²) in [6, 6.07) is 14.6. The molecule has 0 unspecified atom stereocenters. The number of aromatic nitrogens is 3. The number of nitrogens with zero attached hydrogens (tertiary/aromatic N) is 3. The Bertz CT molecular complexity index is 1070. The van der Waals surface area contributed by atoms with Gasteiger partial charge in [-0.05, 0) is 43.0 Å². The molecular weight excluding hydrogens is 430 g/mol. The lowest BCUT2D eigenvalue weighted by molar-refractivity contribution is -0.123. The van der Waals surface area contributed by atoms with Gasteiger partial charge in [-0.15, -0.1) is 5.10 Å². The van der Waals surface area contributed by atoms with E-state index in [9.17, 15) is 14.4 Å². The number of rotatable bonds is 9. The topological polar surface area (TPSA) is 115 Å². The Morgan fingerprint density at radius 1 is 1.06 bits per heavy atom. The Kier molecular flexibility index (Phi) is 8.20. The zero-order valence-corrected chi connectivity index (χ0v) is 18.7. The number of amides is 2. The van der Waals surface area contributed by atoms with Crippen LogP contribution >= 0.6 is 11.8 Å². The van der Waals surface area contributed by atoms with Crippen molar-refractivity contribution in [2.24, 2.45) is 0 Å². The predicted molar refractivity (Wildman–Crippen MR) is 122 cm³/mol. The molecule has 1 aromatic heterocycles. The van der Waals surface area contributed by atoms with Gasteiger partial charge in [0.25, 0.3) is 5.91 Å². The normalized spacial score (nSPS) is 12.7. The summed E-state index contributed by atoms with van der Waals surface area (Å²) < 4.78 is 6.39. The third kappa shape index (κ3) is 6.07. The molecule has 32 heavy (non-hydrogen) atoms. The molecule has 2 amide bonds. The van der Waals surface area contributed by atoms with Crippen LogP contribution in [0.1, 0.15) is 23.7 Å². The minimum absolute atomic E-state index is 0.0950. The minimum atomic E-state index is -0.869. The molecule has 1 heterocycles. The van der Waals surface area contributed by atoms with Crippen LogP contribution in [0.3, 0.4) is 0 Å². The summed E-state index contributed by atoms with van der Waals surface area (Å²) in [6.45, 7) is 1.66. The second-order valence-electron chi connectivity index (χ2n) is 7.10. The van der Waals surface area contributed by atoms with Crippen molar-refractivity contribution >= 4 is 40.7 Å². The number of carbonyl (C=O) groups is 3. The summed E-state index contributed by atoms with van der Waals surface area (Å²) in [4.78, 5) is 37.9. The lowest BCUT2D eigenvalue weighted by atomic mass is 10.2. The van der Waals surface area contributed by atoms with Gasteiger partial charge in [0, 0.05) is 0 Å². The molecule has 2 atom stereocenters. The van der Waals surface area contributed by atoms with Crippen molar-refractivity contribution in [1.29, 1.82) is 0 Å². The number of fused-ring (bicyclic) bond motifs is 1. The second kappa shape index (κ2) is 11.3. The number of carbonyl (C=O) groups excluding carboxylic acids is 3. The first kappa shape index (κ1) is 23.3. The van der Waals surface area contributed by atoms with Crippen molar-refractivity contribution in [3.8, 4) is 0 Å². The van der Waals surface area contributed by atoms with E-state index in [1.54, 1.807) is 43.0 Å². The van der Waals surface area contributed by atoms with Gasteiger partial charge in [0.2, 0.25) is 5.91 Å². The first-order valence-electron chi connectivity index (χ1n) is 10.1. The lowest BCUT2D eigenvalue weighted by Crippen LogP contribution is -2.51. The van der Waals surface area contributed by atoms with Crippen LogP contribution in [0.15, 0.2) is 54.6 Å². The SMILES string of the molecule is CSCC[C@H](NC(=O)OCc1ccccc1)C(=O)N[C@H](C)C(=O)n1nnc2ccccc21. The smallest absolute Gasteiger partial charge is 0.408 e. The summed E-state index contributed by atoms with van der Waals surface area (Å²) in [6.07, 6.45) is 1.60. The first-order valence-corrected chi connectivity index (χ1v) is 11.5. The van der Waals surface area contributed by atoms with E-state index in [1.165, 1.54) is 4.68 Å². The highest BCUT2D eigenvalue weighted by atomic mass is 32.2. The summed E-state index contributed by atoms with van der Waals surface area (Å²) in [5.41, 5.74) is 1.98. The van der Waals surface area contributed by atoms with E-state index < -0.39 is 30.0 Å². The van der Waals surface area contributed by atoms with Crippen LogP contribution < -0.4 is 10.6 Å². The monoisotopic (exact) mass is 455 g/mol. The van der Waals surface area contributed by atoms with E-state index in [0.29, 0.717) is 23.2 Å². The van der Waals surface area contributed by atoms with E-state index >= 15 is 0 Å². The van der Waals surface area contributed by atoms with Gasteiger partial charge in [0.1, 0.15) is 24.2 Å². The fraction of sp³-hybridized carbons (Fsp3) is 0.318. The van der Waals surface area contributed by atoms with E-state index in [0.717, 1.165) is 5.56 Å². The van der Waals surface area contributed by atoms with Gasteiger partial charge in [0.05, 0.1) is 5.52 Å². The molecule has 3 rings (SSSR count). The van der Waals surface area contributed by atoms with E-state index in [4.69, 9.17) is 4.74 Å². The van der Waals surface area contributed by atoms with Gasteiger partial charge in [-0.25, -0.2) is 4.79 Å². The third-order valence-electron chi connectivity index (χ3n) is 4.72. The summed E-state index contributed by atoms with van der Waals surface area (Å²) in [5.74, 6) is -0.254. The molecule has 0 aliphatic carbocycles. The number of alkyl carbamates (subject to hydrolysis) is 1. The molecule has 0 spiro atoms. The molecule has 0 fully saturated rings. The summed E-state index contributed by atoms with van der Waals surface area (Å²) in [5, 5.41) is 13.1. The maximum absolute atomic E-state index is 12.8. The average molecular weight is 456 g/mol. The van der Waals surface area contributed by atoms with Gasteiger partial charge in [-0.1, -0.05) is 47.7 Å². The van der Waals surface area contributed by atoms with Gasteiger partial charge >= 0.3 is 6.09 Å². The number of para-hydroxylation sites is 1. The van der Waals surface area contributed by atoms with E-state index in [1.807, 2.05) is 36.6 Å². The molecule has 0 aliphatic rings. The van der Waals surface area contributed by atoms with Crippen molar-refractivity contribution in [3.63, 3.8) is 0 Å². The molecular formula is C22H25N5O4S. The van der Waals surface area contributed by atoms with E-state index in [-0.39, 0.29) is 6.61 Å². The number of hydrogen-bond donors (Lipinski definition) is 2. The van der Waals surface area contributed by atoms with Crippen LogP contribution in [-0.4, -0.2) is 57.0 Å². The van der Waals surface area contributed by atoms with Crippen LogP contribution in [0.5, 0.6) is 0 Å². The van der Waals surface area contributed by atoms with Gasteiger partial charge in [0.15, 0.2) is 0 Å². The fourth-order valence-electron chi connectivity index (χ4n) is 3.00. The Balaban J connectivity index is 1.60. The standard InChI is InChI=1S/C22H25N5O4S/c1-15(21(29)27-19-11-7-6-10-17(19)25-26-27)23-20(28)18(12-13-32-2)24-22(30)31-14-16-8-4-3-5-9-16/h3-11,15,18H,12-14H2,1-2H3,(H,23,28)(H,24,30)/t15-,18+/m1/s1. The number of ether oxygens (including phenoxy) is 1. The zero-order chi connectivity index (χ0) is 22.9. The molecule has 0 aliphatic heterocycles. The molecule has 9 nitrogen and oxygen atoms in total. The molecule has 0 saturated heterocycles. The number of hydrogen-bond acceptors (Lipinski definition) is 7.